The van der Waals surface area contributed by atoms with Gasteiger partial charge in [-0.3, -0.25) is 9.78 Å². The molecule has 0 amide bonds. The van der Waals surface area contributed by atoms with Crippen molar-refractivity contribution in [2.24, 2.45) is 5.73 Å². The van der Waals surface area contributed by atoms with Crippen LogP contribution in [0, 0.1) is 0 Å². The molecule has 0 saturated carbocycles. The molecule has 4 nitrogen and oxygen atoms in total. The van der Waals surface area contributed by atoms with Crippen LogP contribution in [-0.4, -0.2) is 16.1 Å². The zero-order valence-corrected chi connectivity index (χ0v) is 11.1. The molecule has 0 fully saturated rings. The maximum absolute atomic E-state index is 10.5. The van der Waals surface area contributed by atoms with E-state index in [2.05, 4.69) is 4.98 Å². The van der Waals surface area contributed by atoms with Gasteiger partial charge in [-0.25, -0.2) is 0 Å². The summed E-state index contributed by atoms with van der Waals surface area (Å²) < 4.78 is 0. The minimum atomic E-state index is -0.902. The first-order valence-electron chi connectivity index (χ1n) is 4.99. The molecule has 98 valence electrons. The van der Waals surface area contributed by atoms with E-state index in [0.29, 0.717) is 0 Å². The minimum Gasteiger partial charge on any atom is -0.481 e. The third kappa shape index (κ3) is 3.84. The van der Waals surface area contributed by atoms with Gasteiger partial charge in [-0.15, -0.1) is 24.8 Å². The summed E-state index contributed by atoms with van der Waals surface area (Å²) in [5, 5.41) is 9.63. The van der Waals surface area contributed by atoms with E-state index >= 15 is 0 Å². The molecule has 2 rings (SSSR count). The van der Waals surface area contributed by atoms with Gasteiger partial charge in [-0.05, 0) is 17.7 Å². The highest BCUT2D eigenvalue weighted by Crippen LogP contribution is 2.18. The number of nitrogens with zero attached hydrogens (tertiary/aromatic N) is 1. The number of hydrogen-bond donors (Lipinski definition) is 2. The lowest BCUT2D eigenvalue weighted by Gasteiger charge is -2.09. The van der Waals surface area contributed by atoms with E-state index in [1.54, 1.807) is 6.20 Å². The lowest BCUT2D eigenvalue weighted by atomic mass is 10.0. The second-order valence-corrected chi connectivity index (χ2v) is 3.67. The van der Waals surface area contributed by atoms with Gasteiger partial charge >= 0.3 is 5.97 Å². The van der Waals surface area contributed by atoms with E-state index in [9.17, 15) is 4.79 Å². The van der Waals surface area contributed by atoms with Crippen molar-refractivity contribution >= 4 is 41.7 Å². The number of carbonyl (C=O) groups is 1. The number of halogens is 2. The molecule has 0 aliphatic rings. The lowest BCUT2D eigenvalue weighted by Crippen LogP contribution is -2.15. The number of aromatic nitrogens is 1. The molecule has 1 unspecified atom stereocenters. The first kappa shape index (κ1) is 16.6. The van der Waals surface area contributed by atoms with Crippen molar-refractivity contribution < 1.29 is 9.90 Å². The monoisotopic (exact) mass is 288 g/mol. The van der Waals surface area contributed by atoms with Crippen molar-refractivity contribution in [3.8, 4) is 0 Å². The normalized spacial score (nSPS) is 11.2. The molecule has 0 aliphatic heterocycles. The van der Waals surface area contributed by atoms with Crippen LogP contribution in [0.3, 0.4) is 0 Å². The summed E-state index contributed by atoms with van der Waals surface area (Å²) in [5.74, 6) is -0.902. The van der Waals surface area contributed by atoms with Gasteiger partial charge in [-0.1, -0.05) is 18.2 Å². The van der Waals surface area contributed by atoms with Crippen LogP contribution >= 0.6 is 24.8 Å². The van der Waals surface area contributed by atoms with E-state index in [4.69, 9.17) is 10.8 Å². The van der Waals surface area contributed by atoms with E-state index in [1.807, 2.05) is 30.3 Å². The number of benzene rings is 1. The zero-order valence-electron chi connectivity index (χ0n) is 9.45. The Kier molecular flexibility index (Phi) is 6.62. The van der Waals surface area contributed by atoms with Crippen molar-refractivity contribution in [2.75, 3.05) is 0 Å². The van der Waals surface area contributed by atoms with E-state index in [0.717, 1.165) is 16.5 Å². The third-order valence-electron chi connectivity index (χ3n) is 2.43. The fourth-order valence-electron chi connectivity index (χ4n) is 1.60. The van der Waals surface area contributed by atoms with Crippen LogP contribution < -0.4 is 5.73 Å². The summed E-state index contributed by atoms with van der Waals surface area (Å²) in [4.78, 5) is 14.8. The molecule has 0 spiro atoms. The van der Waals surface area contributed by atoms with Crippen molar-refractivity contribution in [3.05, 3.63) is 42.1 Å². The van der Waals surface area contributed by atoms with Gasteiger partial charge in [0.25, 0.3) is 0 Å². The molecule has 6 heteroatoms. The molecule has 0 radical (unpaired) electrons. The van der Waals surface area contributed by atoms with Crippen LogP contribution in [0.15, 0.2) is 36.5 Å². The van der Waals surface area contributed by atoms with E-state index < -0.39 is 12.0 Å². The number of aliphatic carboxylic acids is 1. The van der Waals surface area contributed by atoms with Crippen LogP contribution in [0.5, 0.6) is 0 Å². The maximum Gasteiger partial charge on any atom is 0.305 e. The summed E-state index contributed by atoms with van der Waals surface area (Å²) in [6.07, 6.45) is 1.55. The summed E-state index contributed by atoms with van der Waals surface area (Å²) in [5.41, 5.74) is 7.40. The van der Waals surface area contributed by atoms with Gasteiger partial charge < -0.3 is 10.8 Å². The molecular formula is C12H14Cl2N2O2. The van der Waals surface area contributed by atoms with Crippen LogP contribution in [0.2, 0.25) is 0 Å². The van der Waals surface area contributed by atoms with Crippen molar-refractivity contribution in [1.29, 1.82) is 0 Å². The molecule has 1 aromatic heterocycles. The Morgan fingerprint density at radius 1 is 1.33 bits per heavy atom. The topological polar surface area (TPSA) is 76.2 Å². The Morgan fingerprint density at radius 2 is 2.00 bits per heavy atom. The average molecular weight is 289 g/mol. The molecule has 3 N–H and O–H groups in total. The summed E-state index contributed by atoms with van der Waals surface area (Å²) in [6.45, 7) is 0. The summed E-state index contributed by atoms with van der Waals surface area (Å²) >= 11 is 0. The summed E-state index contributed by atoms with van der Waals surface area (Å²) in [6, 6.07) is 9.04. The molecule has 1 aromatic carbocycles. The number of fused-ring (bicyclic) bond motifs is 1. The SMILES string of the molecule is Cl.Cl.NC(CC(=O)O)c1cnc2ccccc2c1. The third-order valence-corrected chi connectivity index (χ3v) is 2.43. The number of rotatable bonds is 3. The van der Waals surface area contributed by atoms with E-state index in [1.165, 1.54) is 0 Å². The number of pyridine rings is 1. The van der Waals surface area contributed by atoms with Crippen LogP contribution in [0.25, 0.3) is 10.9 Å². The van der Waals surface area contributed by atoms with Crippen molar-refractivity contribution in [1.82, 2.24) is 4.98 Å². The Morgan fingerprint density at radius 3 is 2.67 bits per heavy atom. The Hall–Kier alpha value is -1.36. The van der Waals surface area contributed by atoms with Gasteiger partial charge in [0, 0.05) is 17.6 Å². The fraction of sp³-hybridized carbons (Fsp3) is 0.167. The second kappa shape index (κ2) is 7.16. The number of hydrogen-bond acceptors (Lipinski definition) is 3. The van der Waals surface area contributed by atoms with Crippen molar-refractivity contribution in [2.45, 2.75) is 12.5 Å². The number of nitrogens with two attached hydrogens (primary N) is 1. The van der Waals surface area contributed by atoms with Crippen molar-refractivity contribution in [3.63, 3.8) is 0 Å². The van der Waals surface area contributed by atoms with Gasteiger partial charge in [-0.2, -0.15) is 0 Å². The largest absolute Gasteiger partial charge is 0.481 e. The van der Waals surface area contributed by atoms with Gasteiger partial charge in [0.2, 0.25) is 0 Å². The molecule has 0 aliphatic carbocycles. The Balaban J connectivity index is 0.00000144. The Labute approximate surface area is 117 Å². The highest BCUT2D eigenvalue weighted by molar-refractivity contribution is 5.85. The van der Waals surface area contributed by atoms with Gasteiger partial charge in [0.15, 0.2) is 0 Å². The smallest absolute Gasteiger partial charge is 0.305 e. The molecular weight excluding hydrogens is 275 g/mol. The lowest BCUT2D eigenvalue weighted by molar-refractivity contribution is -0.137. The minimum absolute atomic E-state index is 0. The summed E-state index contributed by atoms with van der Waals surface area (Å²) in [7, 11) is 0. The first-order chi connectivity index (χ1) is 7.66. The predicted octanol–water partition coefficient (Wildman–Crippen LogP) is 2.55. The number of carboxylic acid groups (broad SMARTS) is 1. The molecule has 1 atom stereocenters. The number of para-hydroxylation sites is 1. The van der Waals surface area contributed by atoms with Crippen LogP contribution in [0.1, 0.15) is 18.0 Å². The first-order valence-corrected chi connectivity index (χ1v) is 4.99. The van der Waals surface area contributed by atoms with Gasteiger partial charge in [0.1, 0.15) is 0 Å². The standard InChI is InChI=1S/C12H12N2O2.2ClH/c13-10(6-12(15)16)9-5-8-3-1-2-4-11(8)14-7-9;;/h1-5,7,10H,6,13H2,(H,15,16);2*1H. The number of carboxylic acids is 1. The van der Waals surface area contributed by atoms with Crippen LogP contribution in [0.4, 0.5) is 0 Å². The quantitative estimate of drug-likeness (QED) is 0.910. The highest BCUT2D eigenvalue weighted by atomic mass is 35.5. The molecule has 0 saturated heterocycles. The Bertz CT molecular complexity index is 534. The van der Waals surface area contributed by atoms with E-state index in [-0.39, 0.29) is 31.2 Å². The predicted molar refractivity (Wildman–Crippen MR) is 75.4 cm³/mol. The van der Waals surface area contributed by atoms with Crippen LogP contribution in [-0.2, 0) is 4.79 Å². The zero-order chi connectivity index (χ0) is 11.5. The molecule has 1 heterocycles. The van der Waals surface area contributed by atoms with Gasteiger partial charge in [0.05, 0.1) is 11.9 Å². The fourth-order valence-corrected chi connectivity index (χ4v) is 1.60. The molecule has 18 heavy (non-hydrogen) atoms. The highest BCUT2D eigenvalue weighted by Gasteiger charge is 2.11. The average Bonchev–Trinajstić information content (AvgIpc) is 2.27. The second-order valence-electron chi connectivity index (χ2n) is 3.67. The molecule has 2 aromatic rings. The molecule has 0 bridgehead atoms. The maximum atomic E-state index is 10.5.